The van der Waals surface area contributed by atoms with Crippen molar-refractivity contribution >= 4 is 5.69 Å². The van der Waals surface area contributed by atoms with Crippen molar-refractivity contribution in [2.24, 2.45) is 5.92 Å². The highest BCUT2D eigenvalue weighted by Gasteiger charge is 2.20. The van der Waals surface area contributed by atoms with Gasteiger partial charge in [-0.15, -0.1) is 0 Å². The third-order valence-electron chi connectivity index (χ3n) is 3.50. The van der Waals surface area contributed by atoms with Gasteiger partial charge in [-0.1, -0.05) is 18.2 Å². The molecule has 0 aliphatic carbocycles. The SMILES string of the molecule is Cc1ccccc1NC(C)C1CCOCC1. The first kappa shape index (κ1) is 11.5. The van der Waals surface area contributed by atoms with E-state index in [1.54, 1.807) is 0 Å². The minimum Gasteiger partial charge on any atom is -0.382 e. The van der Waals surface area contributed by atoms with Crippen LogP contribution < -0.4 is 5.32 Å². The van der Waals surface area contributed by atoms with Crippen molar-refractivity contribution in [3.63, 3.8) is 0 Å². The minimum absolute atomic E-state index is 0.532. The lowest BCUT2D eigenvalue weighted by Gasteiger charge is -2.29. The number of rotatable bonds is 3. The van der Waals surface area contributed by atoms with Gasteiger partial charge in [0.05, 0.1) is 0 Å². The highest BCUT2D eigenvalue weighted by Crippen LogP contribution is 2.23. The number of aryl methyl sites for hydroxylation is 1. The summed E-state index contributed by atoms with van der Waals surface area (Å²) in [7, 11) is 0. The lowest BCUT2D eigenvalue weighted by atomic mass is 9.92. The van der Waals surface area contributed by atoms with Crippen LogP contribution in [0.25, 0.3) is 0 Å². The Labute approximate surface area is 98.0 Å². The van der Waals surface area contributed by atoms with E-state index >= 15 is 0 Å². The van der Waals surface area contributed by atoms with Gasteiger partial charge in [-0.05, 0) is 44.2 Å². The number of benzene rings is 1. The Kier molecular flexibility index (Phi) is 3.83. The molecular weight excluding hydrogens is 198 g/mol. The fourth-order valence-corrected chi connectivity index (χ4v) is 2.31. The van der Waals surface area contributed by atoms with Crippen molar-refractivity contribution in [2.75, 3.05) is 18.5 Å². The average molecular weight is 219 g/mol. The van der Waals surface area contributed by atoms with Crippen LogP contribution >= 0.6 is 0 Å². The molecule has 1 atom stereocenters. The average Bonchev–Trinajstić information content (AvgIpc) is 2.33. The quantitative estimate of drug-likeness (QED) is 0.842. The van der Waals surface area contributed by atoms with Crippen LogP contribution in [0.15, 0.2) is 24.3 Å². The van der Waals surface area contributed by atoms with Crippen LogP contribution in [-0.4, -0.2) is 19.3 Å². The Bertz CT molecular complexity index is 331. The second-order valence-electron chi connectivity index (χ2n) is 4.70. The lowest BCUT2D eigenvalue weighted by Crippen LogP contribution is -2.31. The van der Waals surface area contributed by atoms with Gasteiger partial charge in [-0.3, -0.25) is 0 Å². The van der Waals surface area contributed by atoms with E-state index in [4.69, 9.17) is 4.74 Å². The van der Waals surface area contributed by atoms with E-state index in [9.17, 15) is 0 Å². The molecule has 2 nitrogen and oxygen atoms in total. The molecule has 0 amide bonds. The molecule has 1 aliphatic rings. The van der Waals surface area contributed by atoms with Crippen molar-refractivity contribution in [3.05, 3.63) is 29.8 Å². The van der Waals surface area contributed by atoms with Crippen LogP contribution in [0.5, 0.6) is 0 Å². The largest absolute Gasteiger partial charge is 0.382 e. The molecule has 1 fully saturated rings. The molecule has 1 aromatic carbocycles. The van der Waals surface area contributed by atoms with Gasteiger partial charge in [0.2, 0.25) is 0 Å². The summed E-state index contributed by atoms with van der Waals surface area (Å²) in [4.78, 5) is 0. The molecule has 1 saturated heterocycles. The van der Waals surface area contributed by atoms with Crippen molar-refractivity contribution in [3.8, 4) is 0 Å². The maximum absolute atomic E-state index is 5.40. The Morgan fingerprint density at radius 2 is 1.94 bits per heavy atom. The molecule has 0 spiro atoms. The number of hydrogen-bond acceptors (Lipinski definition) is 2. The van der Waals surface area contributed by atoms with Crippen LogP contribution in [0.4, 0.5) is 5.69 Å². The molecule has 0 saturated carbocycles. The molecule has 1 heterocycles. The summed E-state index contributed by atoms with van der Waals surface area (Å²) in [5, 5.41) is 3.62. The zero-order valence-corrected chi connectivity index (χ0v) is 10.2. The Morgan fingerprint density at radius 3 is 2.62 bits per heavy atom. The number of nitrogens with one attached hydrogen (secondary N) is 1. The lowest BCUT2D eigenvalue weighted by molar-refractivity contribution is 0.0622. The van der Waals surface area contributed by atoms with Crippen molar-refractivity contribution < 1.29 is 4.74 Å². The summed E-state index contributed by atoms with van der Waals surface area (Å²) in [6.45, 7) is 6.27. The van der Waals surface area contributed by atoms with Crippen LogP contribution in [0, 0.1) is 12.8 Å². The number of para-hydroxylation sites is 1. The van der Waals surface area contributed by atoms with Gasteiger partial charge in [0.1, 0.15) is 0 Å². The molecule has 0 radical (unpaired) electrons. The molecular formula is C14H21NO. The molecule has 88 valence electrons. The zero-order chi connectivity index (χ0) is 11.4. The first-order valence-corrected chi connectivity index (χ1v) is 6.17. The molecule has 2 heteroatoms. The van der Waals surface area contributed by atoms with Gasteiger partial charge < -0.3 is 10.1 Å². The van der Waals surface area contributed by atoms with Crippen LogP contribution in [-0.2, 0) is 4.74 Å². The van der Waals surface area contributed by atoms with Gasteiger partial charge in [0, 0.05) is 24.9 Å². The highest BCUT2D eigenvalue weighted by molar-refractivity contribution is 5.50. The summed E-state index contributed by atoms with van der Waals surface area (Å²) in [6.07, 6.45) is 2.36. The number of hydrogen-bond donors (Lipinski definition) is 1. The normalized spacial score (nSPS) is 19.4. The predicted molar refractivity (Wildman–Crippen MR) is 67.8 cm³/mol. The second kappa shape index (κ2) is 5.35. The van der Waals surface area contributed by atoms with E-state index < -0.39 is 0 Å². The molecule has 0 bridgehead atoms. The zero-order valence-electron chi connectivity index (χ0n) is 10.2. The van der Waals surface area contributed by atoms with Gasteiger partial charge in [-0.25, -0.2) is 0 Å². The van der Waals surface area contributed by atoms with Crippen molar-refractivity contribution in [1.82, 2.24) is 0 Å². The highest BCUT2D eigenvalue weighted by atomic mass is 16.5. The summed E-state index contributed by atoms with van der Waals surface area (Å²) in [5.41, 5.74) is 2.59. The molecule has 1 N–H and O–H groups in total. The predicted octanol–water partition coefficient (Wildman–Crippen LogP) is 3.22. The van der Waals surface area contributed by atoms with Gasteiger partial charge in [0.25, 0.3) is 0 Å². The maximum atomic E-state index is 5.40. The van der Waals surface area contributed by atoms with Crippen LogP contribution in [0.1, 0.15) is 25.3 Å². The summed E-state index contributed by atoms with van der Waals surface area (Å²) in [5.74, 6) is 0.744. The molecule has 1 aromatic rings. The molecule has 0 aromatic heterocycles. The fourth-order valence-electron chi connectivity index (χ4n) is 2.31. The monoisotopic (exact) mass is 219 g/mol. The van der Waals surface area contributed by atoms with E-state index in [0.29, 0.717) is 6.04 Å². The summed E-state index contributed by atoms with van der Waals surface area (Å²) in [6, 6.07) is 9.01. The molecule has 2 rings (SSSR count). The Morgan fingerprint density at radius 1 is 1.25 bits per heavy atom. The van der Waals surface area contributed by atoms with Gasteiger partial charge >= 0.3 is 0 Å². The minimum atomic E-state index is 0.532. The third-order valence-corrected chi connectivity index (χ3v) is 3.50. The third kappa shape index (κ3) is 2.76. The maximum Gasteiger partial charge on any atom is 0.0469 e. The molecule has 16 heavy (non-hydrogen) atoms. The van der Waals surface area contributed by atoms with E-state index in [-0.39, 0.29) is 0 Å². The first-order valence-electron chi connectivity index (χ1n) is 6.17. The number of anilines is 1. The van der Waals surface area contributed by atoms with Crippen molar-refractivity contribution in [1.29, 1.82) is 0 Å². The van der Waals surface area contributed by atoms with Crippen molar-refractivity contribution in [2.45, 2.75) is 32.7 Å². The standard InChI is InChI=1S/C14H21NO/c1-11-5-3-4-6-14(11)15-12(2)13-7-9-16-10-8-13/h3-6,12-13,15H,7-10H2,1-2H3. The summed E-state index contributed by atoms with van der Waals surface area (Å²) >= 11 is 0. The Hall–Kier alpha value is -1.02. The van der Waals surface area contributed by atoms with E-state index in [2.05, 4.69) is 43.4 Å². The van der Waals surface area contributed by atoms with E-state index in [1.165, 1.54) is 24.1 Å². The molecule has 1 aliphatic heterocycles. The number of ether oxygens (including phenoxy) is 1. The van der Waals surface area contributed by atoms with Crippen LogP contribution in [0.2, 0.25) is 0 Å². The van der Waals surface area contributed by atoms with Gasteiger partial charge in [0.15, 0.2) is 0 Å². The van der Waals surface area contributed by atoms with E-state index in [0.717, 1.165) is 19.1 Å². The van der Waals surface area contributed by atoms with Crippen LogP contribution in [0.3, 0.4) is 0 Å². The summed E-state index contributed by atoms with van der Waals surface area (Å²) < 4.78 is 5.40. The second-order valence-corrected chi connectivity index (χ2v) is 4.70. The topological polar surface area (TPSA) is 21.3 Å². The van der Waals surface area contributed by atoms with E-state index in [1.807, 2.05) is 0 Å². The first-order chi connectivity index (χ1) is 7.77. The smallest absolute Gasteiger partial charge is 0.0469 e. The fraction of sp³-hybridized carbons (Fsp3) is 0.571. The van der Waals surface area contributed by atoms with Gasteiger partial charge in [-0.2, -0.15) is 0 Å². The Balaban J connectivity index is 1.96. The molecule has 1 unspecified atom stereocenters.